The SMILES string of the molecule is [B]C(=O)C(NC(C)=O)C(=O)OCC. The summed E-state index contributed by atoms with van der Waals surface area (Å²) in [7, 11) is 4.86. The predicted molar refractivity (Wildman–Crippen MR) is 45.0 cm³/mol. The van der Waals surface area contributed by atoms with Gasteiger partial charge in [0, 0.05) is 6.92 Å². The number of hydrogen-bond donors (Lipinski definition) is 1. The first kappa shape index (κ1) is 11.7. The van der Waals surface area contributed by atoms with Gasteiger partial charge in [0.1, 0.15) is 5.68 Å². The van der Waals surface area contributed by atoms with Crippen LogP contribution in [0.1, 0.15) is 13.8 Å². The lowest BCUT2D eigenvalue weighted by Gasteiger charge is -2.12. The van der Waals surface area contributed by atoms with Crippen LogP contribution in [-0.2, 0) is 19.1 Å². The van der Waals surface area contributed by atoms with Crippen LogP contribution in [-0.4, -0.2) is 38.1 Å². The summed E-state index contributed by atoms with van der Waals surface area (Å²) in [4.78, 5) is 32.2. The third-order valence-electron chi connectivity index (χ3n) is 1.15. The van der Waals surface area contributed by atoms with E-state index < -0.39 is 23.6 Å². The molecule has 6 heteroatoms. The van der Waals surface area contributed by atoms with Crippen molar-refractivity contribution in [3.8, 4) is 0 Å². The number of carbonyl (C=O) groups is 3. The van der Waals surface area contributed by atoms with Crippen molar-refractivity contribution in [2.24, 2.45) is 0 Å². The molecule has 0 aliphatic carbocycles. The standard InChI is InChI=1S/C7H10BNO4/c1-3-13-7(12)5(6(8)11)9-4(2)10/h5H,3H2,1-2H3,(H,9,10). The van der Waals surface area contributed by atoms with Crippen molar-refractivity contribution < 1.29 is 19.1 Å². The van der Waals surface area contributed by atoms with Gasteiger partial charge in [0.15, 0.2) is 13.9 Å². The van der Waals surface area contributed by atoms with E-state index in [9.17, 15) is 14.4 Å². The summed E-state index contributed by atoms with van der Waals surface area (Å²) >= 11 is 0. The van der Waals surface area contributed by atoms with Crippen LogP contribution in [0.3, 0.4) is 0 Å². The summed E-state index contributed by atoms with van der Waals surface area (Å²) in [6, 6.07) is -1.39. The van der Waals surface area contributed by atoms with Gasteiger partial charge >= 0.3 is 5.97 Å². The molecule has 0 heterocycles. The molecule has 1 unspecified atom stereocenters. The average molecular weight is 183 g/mol. The van der Waals surface area contributed by atoms with E-state index in [0.29, 0.717) is 0 Å². The molecule has 0 bridgehead atoms. The molecule has 0 aromatic carbocycles. The van der Waals surface area contributed by atoms with Crippen LogP contribution in [0.2, 0.25) is 0 Å². The van der Waals surface area contributed by atoms with Crippen molar-refractivity contribution in [2.75, 3.05) is 6.61 Å². The molecule has 5 nitrogen and oxygen atoms in total. The molecule has 70 valence electrons. The zero-order chi connectivity index (χ0) is 10.4. The van der Waals surface area contributed by atoms with E-state index in [0.717, 1.165) is 0 Å². The van der Waals surface area contributed by atoms with E-state index in [-0.39, 0.29) is 6.61 Å². The lowest BCUT2D eigenvalue weighted by atomic mass is 9.95. The van der Waals surface area contributed by atoms with E-state index >= 15 is 0 Å². The summed E-state index contributed by atoms with van der Waals surface area (Å²) in [6.07, 6.45) is 0. The Morgan fingerprint density at radius 2 is 2.00 bits per heavy atom. The Hall–Kier alpha value is -1.33. The fourth-order valence-corrected chi connectivity index (χ4v) is 0.675. The molecule has 0 spiro atoms. The highest BCUT2D eigenvalue weighted by atomic mass is 16.5. The molecule has 13 heavy (non-hydrogen) atoms. The fraction of sp³-hybridized carbons (Fsp3) is 0.571. The molecular formula is C7H10BNO4. The Kier molecular flexibility index (Phi) is 4.80. The minimum atomic E-state index is -1.39. The minimum Gasteiger partial charge on any atom is -0.464 e. The van der Waals surface area contributed by atoms with Crippen molar-refractivity contribution in [3.05, 3.63) is 0 Å². The first-order chi connectivity index (χ1) is 5.99. The van der Waals surface area contributed by atoms with Crippen LogP contribution >= 0.6 is 0 Å². The van der Waals surface area contributed by atoms with E-state index in [1.54, 1.807) is 6.92 Å². The number of hydrogen-bond acceptors (Lipinski definition) is 4. The highest BCUT2D eigenvalue weighted by Crippen LogP contribution is 1.89. The maximum absolute atomic E-state index is 11.0. The van der Waals surface area contributed by atoms with Gasteiger partial charge < -0.3 is 14.8 Å². The summed E-state index contributed by atoms with van der Waals surface area (Å²) in [5, 5.41) is 2.08. The lowest BCUT2D eigenvalue weighted by molar-refractivity contribution is -0.149. The van der Waals surface area contributed by atoms with Crippen LogP contribution in [0.4, 0.5) is 0 Å². The number of esters is 1. The van der Waals surface area contributed by atoms with Gasteiger partial charge in [-0.15, -0.1) is 0 Å². The van der Waals surface area contributed by atoms with Crippen molar-refractivity contribution >= 4 is 25.4 Å². The Bertz CT molecular complexity index is 229. The first-order valence-electron chi connectivity index (χ1n) is 3.72. The van der Waals surface area contributed by atoms with Gasteiger partial charge in [-0.25, -0.2) is 4.79 Å². The lowest BCUT2D eigenvalue weighted by Crippen LogP contribution is -2.46. The number of rotatable bonds is 4. The topological polar surface area (TPSA) is 72.5 Å². The summed E-state index contributed by atoms with van der Waals surface area (Å²) in [6.45, 7) is 2.89. The molecule has 0 aliphatic rings. The Labute approximate surface area is 77.2 Å². The van der Waals surface area contributed by atoms with Crippen LogP contribution in [0.5, 0.6) is 0 Å². The summed E-state index contributed by atoms with van der Waals surface area (Å²) in [5.41, 5.74) is -0.936. The van der Waals surface area contributed by atoms with Crippen molar-refractivity contribution in [1.29, 1.82) is 0 Å². The minimum absolute atomic E-state index is 0.127. The molecule has 0 fully saturated rings. The molecule has 2 radical (unpaired) electrons. The maximum Gasteiger partial charge on any atom is 0.335 e. The molecule has 0 aromatic heterocycles. The highest BCUT2D eigenvalue weighted by molar-refractivity contribution is 6.61. The Balaban J connectivity index is 4.32. The van der Waals surface area contributed by atoms with Crippen molar-refractivity contribution in [1.82, 2.24) is 5.32 Å². The van der Waals surface area contributed by atoms with Gasteiger partial charge in [-0.2, -0.15) is 0 Å². The smallest absolute Gasteiger partial charge is 0.335 e. The van der Waals surface area contributed by atoms with Gasteiger partial charge in [0.2, 0.25) is 5.91 Å². The summed E-state index contributed by atoms with van der Waals surface area (Å²) < 4.78 is 4.51. The van der Waals surface area contributed by atoms with Crippen LogP contribution in [0.25, 0.3) is 0 Å². The predicted octanol–water partition coefficient (Wildman–Crippen LogP) is -1.25. The van der Waals surface area contributed by atoms with Gasteiger partial charge in [-0.3, -0.25) is 4.79 Å². The largest absolute Gasteiger partial charge is 0.464 e. The first-order valence-corrected chi connectivity index (χ1v) is 3.72. The van der Waals surface area contributed by atoms with Gasteiger partial charge in [-0.1, -0.05) is 0 Å². The molecule has 0 rings (SSSR count). The number of carbonyl (C=O) groups excluding carboxylic acids is 3. The summed E-state index contributed by atoms with van der Waals surface area (Å²) in [5.74, 6) is -1.36. The molecule has 0 aliphatic heterocycles. The fourth-order valence-electron chi connectivity index (χ4n) is 0.675. The number of nitrogens with one attached hydrogen (secondary N) is 1. The zero-order valence-corrected chi connectivity index (χ0v) is 7.49. The molecule has 1 atom stereocenters. The third-order valence-corrected chi connectivity index (χ3v) is 1.15. The normalized spacial score (nSPS) is 11.5. The molecule has 1 amide bonds. The molecule has 1 N–H and O–H groups in total. The van der Waals surface area contributed by atoms with E-state index in [4.69, 9.17) is 7.85 Å². The highest BCUT2D eigenvalue weighted by Gasteiger charge is 2.24. The average Bonchev–Trinajstić information content (AvgIpc) is 1.99. The number of amides is 1. The van der Waals surface area contributed by atoms with E-state index in [1.165, 1.54) is 6.92 Å². The van der Waals surface area contributed by atoms with E-state index in [1.807, 2.05) is 0 Å². The van der Waals surface area contributed by atoms with E-state index in [2.05, 4.69) is 10.1 Å². The monoisotopic (exact) mass is 183 g/mol. The van der Waals surface area contributed by atoms with Crippen LogP contribution in [0.15, 0.2) is 0 Å². The van der Waals surface area contributed by atoms with Crippen molar-refractivity contribution in [3.63, 3.8) is 0 Å². The van der Waals surface area contributed by atoms with Crippen molar-refractivity contribution in [2.45, 2.75) is 19.9 Å². The quantitative estimate of drug-likeness (QED) is 0.335. The van der Waals surface area contributed by atoms with Crippen LogP contribution < -0.4 is 5.32 Å². The van der Waals surface area contributed by atoms with Gasteiger partial charge in [-0.05, 0) is 6.92 Å². The Morgan fingerprint density at radius 3 is 2.31 bits per heavy atom. The van der Waals surface area contributed by atoms with Crippen LogP contribution in [0, 0.1) is 0 Å². The molecular weight excluding hydrogens is 173 g/mol. The zero-order valence-electron chi connectivity index (χ0n) is 7.49. The van der Waals surface area contributed by atoms with Gasteiger partial charge in [0.25, 0.3) is 0 Å². The second-order valence-electron chi connectivity index (χ2n) is 2.29. The third kappa shape index (κ3) is 4.30. The maximum atomic E-state index is 11.0. The van der Waals surface area contributed by atoms with Gasteiger partial charge in [0.05, 0.1) is 6.61 Å². The molecule has 0 saturated carbocycles. The second kappa shape index (κ2) is 5.34. The second-order valence-corrected chi connectivity index (χ2v) is 2.29. The molecule has 0 saturated heterocycles. The Morgan fingerprint density at radius 1 is 1.46 bits per heavy atom. The molecule has 0 aromatic rings. The number of ether oxygens (including phenoxy) is 1.